The van der Waals surface area contributed by atoms with Gasteiger partial charge in [-0.25, -0.2) is 9.97 Å². The first-order valence-corrected chi connectivity index (χ1v) is 22.2. The minimum Gasteiger partial charge on any atom is -0.353 e. The van der Waals surface area contributed by atoms with E-state index in [9.17, 15) is 4.79 Å². The van der Waals surface area contributed by atoms with E-state index in [0.717, 1.165) is 100 Å². The van der Waals surface area contributed by atoms with Gasteiger partial charge in [0.15, 0.2) is 0 Å². The highest BCUT2D eigenvalue weighted by Crippen LogP contribution is 2.40. The molecule has 0 spiro atoms. The highest BCUT2D eigenvalue weighted by atomic mass is 16.2. The Kier molecular flexibility index (Phi) is 9.36. The van der Waals surface area contributed by atoms with Gasteiger partial charge in [0.2, 0.25) is 5.91 Å². The minimum absolute atomic E-state index is 0.0942. The molecule has 12 aromatic rings. The molecule has 14 nitrogen and oxygen atoms in total. The van der Waals surface area contributed by atoms with E-state index in [-0.39, 0.29) is 5.91 Å². The Labute approximate surface area is 388 Å². The van der Waals surface area contributed by atoms with E-state index < -0.39 is 5.41 Å². The summed E-state index contributed by atoms with van der Waals surface area (Å²) in [6.45, 7) is 7.69. The number of pyridine rings is 6. The molecule has 10 heterocycles. The van der Waals surface area contributed by atoms with E-state index in [0.29, 0.717) is 33.8 Å². The molecular formula is C54H41N13O. The van der Waals surface area contributed by atoms with Crippen LogP contribution < -0.4 is 5.32 Å². The predicted molar refractivity (Wildman–Crippen MR) is 267 cm³/mol. The van der Waals surface area contributed by atoms with Crippen molar-refractivity contribution < 1.29 is 4.79 Å². The monoisotopic (exact) mass is 887 g/mol. The molecule has 14 heteroatoms. The SMILES string of the molecule is Cc1ccncc1-c1cc(-c2cc(-c3cccc4[nH]c(-c5n[nH]c6ccc(-c7cncc(NC(=O)C(C)(C)C)c7)nc56)cc34)ccn2)c2[nH]nc(-c3cc4c(-c5ccncc5)cccc4[nH]3)c2n1. The topological polar surface area (TPSA) is 195 Å². The molecule has 10 aromatic heterocycles. The van der Waals surface area contributed by atoms with Gasteiger partial charge in [0.25, 0.3) is 0 Å². The Morgan fingerprint density at radius 3 is 1.99 bits per heavy atom. The Bertz CT molecular complexity index is 3930. The Morgan fingerprint density at radius 1 is 0.544 bits per heavy atom. The minimum atomic E-state index is -0.549. The molecule has 12 rings (SSSR count). The second-order valence-electron chi connectivity index (χ2n) is 17.9. The predicted octanol–water partition coefficient (Wildman–Crippen LogP) is 11.7. The van der Waals surface area contributed by atoms with Crippen molar-refractivity contribution in [3.05, 3.63) is 152 Å². The molecule has 0 bridgehead atoms. The summed E-state index contributed by atoms with van der Waals surface area (Å²) in [7, 11) is 0. The van der Waals surface area contributed by atoms with Crippen LogP contribution in [-0.2, 0) is 4.79 Å². The number of nitrogens with zero attached hydrogens (tertiary/aromatic N) is 8. The Balaban J connectivity index is 0.938. The van der Waals surface area contributed by atoms with E-state index in [4.69, 9.17) is 25.1 Å². The lowest BCUT2D eigenvalue weighted by Crippen LogP contribution is -2.27. The van der Waals surface area contributed by atoms with Crippen molar-refractivity contribution in [2.75, 3.05) is 5.32 Å². The number of aryl methyl sites for hydroxylation is 1. The molecule has 0 aliphatic heterocycles. The summed E-state index contributed by atoms with van der Waals surface area (Å²) in [6.07, 6.45) is 12.5. The number of carbonyl (C=O) groups is 1. The summed E-state index contributed by atoms with van der Waals surface area (Å²) in [6, 6.07) is 34.7. The van der Waals surface area contributed by atoms with Crippen LogP contribution in [-0.4, -0.2) is 66.2 Å². The van der Waals surface area contributed by atoms with Crippen LogP contribution in [0.5, 0.6) is 0 Å². The lowest BCUT2D eigenvalue weighted by atomic mass is 9.95. The number of H-pyrrole nitrogens is 4. The van der Waals surface area contributed by atoms with E-state index in [1.165, 1.54) is 0 Å². The maximum Gasteiger partial charge on any atom is 0.229 e. The smallest absolute Gasteiger partial charge is 0.229 e. The molecule has 0 unspecified atom stereocenters. The first-order chi connectivity index (χ1) is 33.1. The van der Waals surface area contributed by atoms with E-state index >= 15 is 0 Å². The molecule has 5 N–H and O–H groups in total. The number of rotatable bonds is 8. The standard InChI is InChI=1S/C54H41N13O/c1-29-13-17-56-28-39(29)45-25-38(48-52(63-45)51(67-65-48)47-23-36-34(7-5-9-41(36)61-47)30-14-18-55-19-15-30)44-22-31(16-20-58-44)35-8-6-10-42-37(35)24-46(60-42)50-49-43(64-66-50)12-11-40(62-49)32-21-33(27-57-26-32)59-53(68)54(2,3)4/h5-28,60-61H,1-4H3,(H,59,68)(H,64,66)(H,65,67). The number of anilines is 1. The summed E-state index contributed by atoms with van der Waals surface area (Å²) >= 11 is 0. The quantitative estimate of drug-likeness (QED) is 0.0986. The third-order valence-electron chi connectivity index (χ3n) is 12.4. The van der Waals surface area contributed by atoms with E-state index in [2.05, 4.69) is 102 Å². The third-order valence-corrected chi connectivity index (χ3v) is 12.4. The van der Waals surface area contributed by atoms with Gasteiger partial charge < -0.3 is 15.3 Å². The van der Waals surface area contributed by atoms with Crippen molar-refractivity contribution >= 4 is 55.5 Å². The lowest BCUT2D eigenvalue weighted by Gasteiger charge is -2.17. The highest BCUT2D eigenvalue weighted by molar-refractivity contribution is 6.05. The van der Waals surface area contributed by atoms with Crippen LogP contribution in [0.4, 0.5) is 5.69 Å². The van der Waals surface area contributed by atoms with Gasteiger partial charge in [0, 0.05) is 81.1 Å². The number of aromatic amines is 4. The number of amides is 1. The molecule has 328 valence electrons. The largest absolute Gasteiger partial charge is 0.353 e. The Morgan fingerprint density at radius 2 is 1.24 bits per heavy atom. The zero-order chi connectivity index (χ0) is 46.1. The maximum atomic E-state index is 12.7. The van der Waals surface area contributed by atoms with Gasteiger partial charge in [-0.2, -0.15) is 10.2 Å². The van der Waals surface area contributed by atoms with Gasteiger partial charge in [-0.1, -0.05) is 45.0 Å². The zero-order valence-corrected chi connectivity index (χ0v) is 37.3. The molecule has 0 aliphatic rings. The number of fused-ring (bicyclic) bond motifs is 4. The summed E-state index contributed by atoms with van der Waals surface area (Å²) in [4.78, 5) is 48.4. The lowest BCUT2D eigenvalue weighted by molar-refractivity contribution is -0.123. The molecule has 1 amide bonds. The summed E-state index contributed by atoms with van der Waals surface area (Å²) in [5.41, 5.74) is 18.0. The number of nitrogens with one attached hydrogen (secondary N) is 5. The second kappa shape index (κ2) is 15.8. The van der Waals surface area contributed by atoms with Crippen LogP contribution in [0.1, 0.15) is 26.3 Å². The van der Waals surface area contributed by atoms with Crippen LogP contribution in [0, 0.1) is 12.3 Å². The number of aromatic nitrogens is 12. The number of hydrogen-bond donors (Lipinski definition) is 5. The third kappa shape index (κ3) is 7.02. The van der Waals surface area contributed by atoms with E-state index in [1.54, 1.807) is 18.6 Å². The maximum absolute atomic E-state index is 12.7. The fraction of sp³-hybridized carbons (Fsp3) is 0.0926. The molecule has 0 radical (unpaired) electrons. The molecule has 0 fully saturated rings. The molecule has 2 aromatic carbocycles. The first kappa shape index (κ1) is 40.3. The van der Waals surface area contributed by atoms with Crippen molar-refractivity contribution in [3.63, 3.8) is 0 Å². The molecule has 68 heavy (non-hydrogen) atoms. The number of benzene rings is 2. The zero-order valence-electron chi connectivity index (χ0n) is 37.3. The van der Waals surface area contributed by atoms with Gasteiger partial charge in [-0.15, -0.1) is 0 Å². The molecule has 0 saturated carbocycles. The first-order valence-electron chi connectivity index (χ1n) is 22.2. The summed E-state index contributed by atoms with van der Waals surface area (Å²) in [5.74, 6) is -0.0942. The van der Waals surface area contributed by atoms with Crippen LogP contribution in [0.3, 0.4) is 0 Å². The highest BCUT2D eigenvalue weighted by Gasteiger charge is 2.23. The summed E-state index contributed by atoms with van der Waals surface area (Å²) < 4.78 is 0. The van der Waals surface area contributed by atoms with Crippen LogP contribution in [0.25, 0.3) is 123 Å². The fourth-order valence-electron chi connectivity index (χ4n) is 8.81. The van der Waals surface area contributed by atoms with Crippen LogP contribution in [0.2, 0.25) is 0 Å². The number of carbonyl (C=O) groups excluding carboxylic acids is 1. The van der Waals surface area contributed by atoms with Crippen LogP contribution >= 0.6 is 0 Å². The van der Waals surface area contributed by atoms with Crippen molar-refractivity contribution in [2.45, 2.75) is 27.7 Å². The average molecular weight is 888 g/mol. The van der Waals surface area contributed by atoms with Gasteiger partial charge >= 0.3 is 0 Å². The average Bonchev–Trinajstić information content (AvgIpc) is 4.18. The van der Waals surface area contributed by atoms with Gasteiger partial charge in [-0.3, -0.25) is 34.9 Å². The van der Waals surface area contributed by atoms with Gasteiger partial charge in [-0.05, 0) is 114 Å². The summed E-state index contributed by atoms with van der Waals surface area (Å²) in [5, 5.41) is 21.2. The van der Waals surface area contributed by atoms with Gasteiger partial charge in [0.1, 0.15) is 22.4 Å². The molecule has 0 atom stereocenters. The van der Waals surface area contributed by atoms with Crippen molar-refractivity contribution in [1.29, 1.82) is 0 Å². The fourth-order valence-corrected chi connectivity index (χ4v) is 8.81. The second-order valence-corrected chi connectivity index (χ2v) is 17.9. The number of hydrogen-bond acceptors (Lipinski definition) is 9. The molecular weight excluding hydrogens is 847 g/mol. The van der Waals surface area contributed by atoms with Crippen molar-refractivity contribution in [3.8, 4) is 78.8 Å². The van der Waals surface area contributed by atoms with E-state index in [1.807, 2.05) is 94.1 Å². The van der Waals surface area contributed by atoms with Crippen molar-refractivity contribution in [2.24, 2.45) is 5.41 Å². The van der Waals surface area contributed by atoms with Crippen LogP contribution in [0.15, 0.2) is 147 Å². The van der Waals surface area contributed by atoms with Gasteiger partial charge in [0.05, 0.1) is 51.4 Å². The van der Waals surface area contributed by atoms with Crippen molar-refractivity contribution in [1.82, 2.24) is 60.3 Å². The molecule has 0 aliphatic carbocycles. The Hall–Kier alpha value is -9.17. The normalized spacial score (nSPS) is 11.9. The molecule has 0 saturated heterocycles.